The highest BCUT2D eigenvalue weighted by atomic mass is 16.5. The van der Waals surface area contributed by atoms with Gasteiger partial charge in [-0.05, 0) is 63.5 Å². The Hall–Kier alpha value is -3.82. The van der Waals surface area contributed by atoms with Crippen molar-refractivity contribution >= 4 is 23.0 Å². The summed E-state index contributed by atoms with van der Waals surface area (Å²) in [5.74, 6) is 1.78. The summed E-state index contributed by atoms with van der Waals surface area (Å²) < 4.78 is 11.6. The maximum Gasteiger partial charge on any atom is 0.404 e. The average molecular weight is 494 g/mol. The van der Waals surface area contributed by atoms with E-state index in [1.165, 1.54) is 19.2 Å². The van der Waals surface area contributed by atoms with Gasteiger partial charge in [0.1, 0.15) is 29.0 Å². The molecule has 2 aromatic heterocycles. The Labute approximate surface area is 208 Å². The van der Waals surface area contributed by atoms with Crippen LogP contribution in [0, 0.1) is 12.8 Å². The number of rotatable bonds is 8. The molecule has 0 bridgehead atoms. The van der Waals surface area contributed by atoms with Gasteiger partial charge in [-0.1, -0.05) is 0 Å². The van der Waals surface area contributed by atoms with Crippen molar-refractivity contribution in [1.29, 1.82) is 0 Å². The maximum absolute atomic E-state index is 13.3. The minimum atomic E-state index is -1.01. The summed E-state index contributed by atoms with van der Waals surface area (Å²) in [5.41, 5.74) is 3.90. The number of hydrogen-bond donors (Lipinski definition) is 4. The quantitative estimate of drug-likeness (QED) is 0.371. The van der Waals surface area contributed by atoms with E-state index in [9.17, 15) is 9.59 Å². The summed E-state index contributed by atoms with van der Waals surface area (Å²) in [6.45, 7) is 2.50. The number of H-pyrrole nitrogens is 1. The second kappa shape index (κ2) is 10.0. The van der Waals surface area contributed by atoms with Gasteiger partial charge in [-0.25, -0.2) is 14.8 Å². The lowest BCUT2D eigenvalue weighted by Gasteiger charge is -2.28. The van der Waals surface area contributed by atoms with Crippen molar-refractivity contribution in [1.82, 2.24) is 25.6 Å². The summed E-state index contributed by atoms with van der Waals surface area (Å²) in [5, 5.41) is 14.6. The van der Waals surface area contributed by atoms with Crippen molar-refractivity contribution in [2.24, 2.45) is 5.92 Å². The Bertz CT molecular complexity index is 1280. The molecule has 0 atom stereocenters. The summed E-state index contributed by atoms with van der Waals surface area (Å²) >= 11 is 0. The minimum absolute atomic E-state index is 0.0148. The topological polar surface area (TPSA) is 138 Å². The van der Waals surface area contributed by atoms with Crippen molar-refractivity contribution in [2.45, 2.75) is 57.5 Å². The molecular formula is C26H31N5O5. The van der Waals surface area contributed by atoms with Gasteiger partial charge in [0.05, 0.1) is 24.8 Å². The zero-order chi connectivity index (χ0) is 25.2. The standard InChI is InChI=1S/C26H31N5O5/c1-14-21(25(32)30-16-5-7-17(8-6-16)31-26(33)34)23-24(29-14)22(27-13-28-23)19-10-9-18(35-2)11-20(19)36-12-15-3-4-15/h9-11,13,15-17,29,31H,3-8,12H2,1-2H3,(H,30,32)(H,33,34). The Balaban J connectivity index is 1.40. The molecular weight excluding hydrogens is 462 g/mol. The predicted octanol–water partition coefficient (Wildman–Crippen LogP) is 4.04. The van der Waals surface area contributed by atoms with Gasteiger partial charge in [0.2, 0.25) is 0 Å². The lowest BCUT2D eigenvalue weighted by atomic mass is 9.91. The van der Waals surface area contributed by atoms with E-state index in [4.69, 9.17) is 14.6 Å². The molecule has 10 nitrogen and oxygen atoms in total. The van der Waals surface area contributed by atoms with E-state index in [1.54, 1.807) is 7.11 Å². The van der Waals surface area contributed by atoms with Gasteiger partial charge in [-0.3, -0.25) is 4.79 Å². The molecule has 0 unspecified atom stereocenters. The third kappa shape index (κ3) is 5.07. The summed E-state index contributed by atoms with van der Waals surface area (Å²) in [6, 6.07) is 5.57. The van der Waals surface area contributed by atoms with Crippen molar-refractivity contribution in [3.8, 4) is 22.8 Å². The summed E-state index contributed by atoms with van der Waals surface area (Å²) in [6.07, 6.45) is 5.64. The van der Waals surface area contributed by atoms with Crippen molar-refractivity contribution in [3.05, 3.63) is 35.8 Å². The van der Waals surface area contributed by atoms with Crippen LogP contribution in [-0.2, 0) is 0 Å². The van der Waals surface area contributed by atoms with E-state index < -0.39 is 6.09 Å². The molecule has 2 fully saturated rings. The molecule has 3 aromatic rings. The molecule has 0 radical (unpaired) electrons. The first-order chi connectivity index (χ1) is 17.4. The number of benzene rings is 1. The molecule has 2 heterocycles. The zero-order valence-electron chi connectivity index (χ0n) is 20.5. The second-order valence-electron chi connectivity index (χ2n) is 9.66. The van der Waals surface area contributed by atoms with Crippen LogP contribution in [0.25, 0.3) is 22.3 Å². The summed E-state index contributed by atoms with van der Waals surface area (Å²) in [4.78, 5) is 36.5. The maximum atomic E-state index is 13.3. The van der Waals surface area contributed by atoms with Crippen LogP contribution in [0.2, 0.25) is 0 Å². The van der Waals surface area contributed by atoms with Crippen LogP contribution in [0.1, 0.15) is 54.6 Å². The number of aromatic amines is 1. The normalized spacial score (nSPS) is 19.6. The fourth-order valence-electron chi connectivity index (χ4n) is 4.85. The van der Waals surface area contributed by atoms with E-state index in [0.717, 1.165) is 5.56 Å². The highest BCUT2D eigenvalue weighted by molar-refractivity contribution is 6.09. The Morgan fingerprint density at radius 2 is 1.81 bits per heavy atom. The largest absolute Gasteiger partial charge is 0.497 e. The molecule has 4 N–H and O–H groups in total. The number of ether oxygens (including phenoxy) is 2. The van der Waals surface area contributed by atoms with Crippen LogP contribution < -0.4 is 20.1 Å². The molecule has 190 valence electrons. The number of methoxy groups -OCH3 is 1. The third-order valence-corrected chi connectivity index (χ3v) is 7.00. The lowest BCUT2D eigenvalue weighted by Crippen LogP contribution is -2.43. The van der Waals surface area contributed by atoms with E-state index in [-0.39, 0.29) is 18.0 Å². The number of aryl methyl sites for hydroxylation is 1. The molecule has 2 aliphatic carbocycles. The molecule has 0 spiro atoms. The van der Waals surface area contributed by atoms with Crippen LogP contribution in [0.3, 0.4) is 0 Å². The highest BCUT2D eigenvalue weighted by Crippen LogP contribution is 2.38. The van der Waals surface area contributed by atoms with Crippen molar-refractivity contribution in [3.63, 3.8) is 0 Å². The van der Waals surface area contributed by atoms with Crippen LogP contribution in [0.5, 0.6) is 11.5 Å². The fraction of sp³-hybridized carbons (Fsp3) is 0.462. The predicted molar refractivity (Wildman–Crippen MR) is 134 cm³/mol. The molecule has 2 saturated carbocycles. The number of carboxylic acid groups (broad SMARTS) is 1. The van der Waals surface area contributed by atoms with Crippen molar-refractivity contribution in [2.75, 3.05) is 13.7 Å². The number of hydrogen-bond acceptors (Lipinski definition) is 6. The fourth-order valence-corrected chi connectivity index (χ4v) is 4.85. The van der Waals surface area contributed by atoms with Crippen molar-refractivity contribution < 1.29 is 24.2 Å². The second-order valence-corrected chi connectivity index (χ2v) is 9.66. The molecule has 2 amide bonds. The van der Waals surface area contributed by atoms with E-state index >= 15 is 0 Å². The van der Waals surface area contributed by atoms with Gasteiger partial charge in [0.25, 0.3) is 5.91 Å². The van der Waals surface area contributed by atoms with Crippen LogP contribution in [0.4, 0.5) is 4.79 Å². The minimum Gasteiger partial charge on any atom is -0.497 e. The van der Waals surface area contributed by atoms with Gasteiger partial charge in [0, 0.05) is 29.4 Å². The first kappa shape index (κ1) is 23.9. The smallest absolute Gasteiger partial charge is 0.404 e. The number of nitrogens with zero attached hydrogens (tertiary/aromatic N) is 2. The molecule has 2 aliphatic rings. The number of carbonyl (C=O) groups excluding carboxylic acids is 1. The van der Waals surface area contributed by atoms with Crippen LogP contribution >= 0.6 is 0 Å². The van der Waals surface area contributed by atoms with E-state index in [0.29, 0.717) is 77.7 Å². The molecule has 1 aromatic carbocycles. The van der Waals surface area contributed by atoms with Gasteiger partial charge < -0.3 is 30.2 Å². The van der Waals surface area contributed by atoms with Gasteiger partial charge in [-0.2, -0.15) is 0 Å². The number of aromatic nitrogens is 3. The Morgan fingerprint density at radius 1 is 1.08 bits per heavy atom. The Morgan fingerprint density at radius 3 is 2.47 bits per heavy atom. The summed E-state index contributed by atoms with van der Waals surface area (Å²) in [7, 11) is 1.62. The lowest BCUT2D eigenvalue weighted by molar-refractivity contribution is 0.0924. The number of nitrogens with one attached hydrogen (secondary N) is 3. The molecule has 0 saturated heterocycles. The molecule has 36 heavy (non-hydrogen) atoms. The first-order valence-corrected chi connectivity index (χ1v) is 12.4. The number of carbonyl (C=O) groups is 2. The van der Waals surface area contributed by atoms with E-state index in [1.807, 2.05) is 25.1 Å². The third-order valence-electron chi connectivity index (χ3n) is 7.00. The molecule has 10 heteroatoms. The molecule has 0 aliphatic heterocycles. The van der Waals surface area contributed by atoms with Gasteiger partial charge in [0.15, 0.2) is 0 Å². The Kier molecular flexibility index (Phi) is 6.67. The average Bonchev–Trinajstić information content (AvgIpc) is 3.63. The monoisotopic (exact) mass is 493 g/mol. The van der Waals surface area contributed by atoms with E-state index in [2.05, 4.69) is 25.6 Å². The number of amides is 2. The SMILES string of the molecule is COc1ccc(-c2ncnc3c(C(=O)NC4CCC(NC(=O)O)CC4)c(C)[nH]c23)c(OCC2CC2)c1. The van der Waals surface area contributed by atoms with Crippen LogP contribution in [-0.4, -0.2) is 57.9 Å². The highest BCUT2D eigenvalue weighted by Gasteiger charge is 2.27. The van der Waals surface area contributed by atoms with Crippen LogP contribution in [0.15, 0.2) is 24.5 Å². The zero-order valence-corrected chi connectivity index (χ0v) is 20.5. The number of fused-ring (bicyclic) bond motifs is 1. The van der Waals surface area contributed by atoms with Gasteiger partial charge >= 0.3 is 6.09 Å². The van der Waals surface area contributed by atoms with Gasteiger partial charge in [-0.15, -0.1) is 0 Å². The first-order valence-electron chi connectivity index (χ1n) is 12.4. The molecule has 5 rings (SSSR count).